The molecule has 2 aromatic rings. The lowest BCUT2D eigenvalue weighted by atomic mass is 9.91. The summed E-state index contributed by atoms with van der Waals surface area (Å²) in [7, 11) is -1.65. The molecule has 3 rings (SSSR count). The molecule has 0 spiro atoms. The summed E-state index contributed by atoms with van der Waals surface area (Å²) >= 11 is 0. The maximum absolute atomic E-state index is 12.3. The number of aryl methyl sites for hydroxylation is 1. The monoisotopic (exact) mass is 400 g/mol. The second kappa shape index (κ2) is 9.71. The molecule has 152 valence electrons. The number of hydrogen-bond donors (Lipinski definition) is 0. The predicted molar refractivity (Wildman–Crippen MR) is 115 cm³/mol. The van der Waals surface area contributed by atoms with Crippen molar-refractivity contribution in [1.82, 2.24) is 0 Å². The van der Waals surface area contributed by atoms with E-state index in [2.05, 4.69) is 31.2 Å². The molecule has 0 heterocycles. The topological polar surface area (TPSA) is 43.4 Å². The normalized spacial score (nSPS) is 19.8. The van der Waals surface area contributed by atoms with Gasteiger partial charge in [-0.3, -0.25) is 0 Å². The van der Waals surface area contributed by atoms with E-state index in [0.717, 1.165) is 29.4 Å². The van der Waals surface area contributed by atoms with Crippen molar-refractivity contribution < 1.29 is 13.2 Å². The number of ether oxygens (including phenoxy) is 1. The third-order valence-electron chi connectivity index (χ3n) is 6.11. The minimum absolute atomic E-state index is 0.120. The van der Waals surface area contributed by atoms with Gasteiger partial charge in [0.15, 0.2) is 9.84 Å². The van der Waals surface area contributed by atoms with E-state index in [0.29, 0.717) is 17.9 Å². The summed E-state index contributed by atoms with van der Waals surface area (Å²) in [5, 5.41) is 0. The van der Waals surface area contributed by atoms with Crippen LogP contribution in [0.25, 0.3) is 11.1 Å². The molecule has 1 unspecified atom stereocenters. The van der Waals surface area contributed by atoms with Crippen LogP contribution >= 0.6 is 0 Å². The number of methoxy groups -OCH3 is 1. The van der Waals surface area contributed by atoms with Crippen LogP contribution in [-0.4, -0.2) is 27.9 Å². The molecule has 0 radical (unpaired) electrons. The van der Waals surface area contributed by atoms with Gasteiger partial charge in [-0.1, -0.05) is 62.6 Å². The highest BCUT2D eigenvalue weighted by Crippen LogP contribution is 2.34. The van der Waals surface area contributed by atoms with Crippen molar-refractivity contribution in [2.24, 2.45) is 11.8 Å². The van der Waals surface area contributed by atoms with E-state index >= 15 is 0 Å². The molecular weight excluding hydrogens is 368 g/mol. The van der Waals surface area contributed by atoms with Crippen molar-refractivity contribution in [3.05, 3.63) is 54.1 Å². The number of sulfone groups is 1. The van der Waals surface area contributed by atoms with E-state index in [1.807, 2.05) is 12.1 Å². The zero-order chi connectivity index (χ0) is 20.0. The Labute approximate surface area is 170 Å². The zero-order valence-corrected chi connectivity index (χ0v) is 17.9. The smallest absolute Gasteiger partial charge is 0.178 e. The molecule has 1 aliphatic rings. The molecular formula is C24H32O3S. The summed E-state index contributed by atoms with van der Waals surface area (Å²) in [4.78, 5) is 0.384. The van der Waals surface area contributed by atoms with E-state index < -0.39 is 9.84 Å². The summed E-state index contributed by atoms with van der Waals surface area (Å²) in [5.74, 6) is 1.88. The number of hydrogen-bond acceptors (Lipinski definition) is 3. The first kappa shape index (κ1) is 21.1. The summed E-state index contributed by atoms with van der Waals surface area (Å²) in [6.45, 7) is 2.85. The third-order valence-corrected chi connectivity index (χ3v) is 7.92. The molecule has 3 nitrogen and oxygen atoms in total. The molecule has 0 N–H and O–H groups in total. The third kappa shape index (κ3) is 5.45. The highest BCUT2D eigenvalue weighted by molar-refractivity contribution is 7.91. The fraction of sp³-hybridized carbons (Fsp3) is 0.500. The van der Waals surface area contributed by atoms with Crippen molar-refractivity contribution in [3.8, 4) is 11.1 Å². The predicted octanol–water partition coefficient (Wildman–Crippen LogP) is 5.53. The number of rotatable bonds is 9. The molecule has 1 fully saturated rings. The van der Waals surface area contributed by atoms with Crippen molar-refractivity contribution in [1.29, 1.82) is 0 Å². The minimum Gasteiger partial charge on any atom is -0.385 e. The van der Waals surface area contributed by atoms with Crippen LogP contribution in [0.3, 0.4) is 0 Å². The quantitative estimate of drug-likeness (QED) is 0.520. The fourth-order valence-corrected chi connectivity index (χ4v) is 5.52. The van der Waals surface area contributed by atoms with Crippen molar-refractivity contribution in [3.63, 3.8) is 0 Å². The molecule has 0 saturated heterocycles. The van der Waals surface area contributed by atoms with Gasteiger partial charge in [0, 0.05) is 13.7 Å². The SMILES string of the molecule is COCCCS(=O)(=O)c1ccc(-c2ccc(CCC3CCC[C@H]3C)cc2)cc1. The van der Waals surface area contributed by atoms with E-state index in [1.165, 1.54) is 31.2 Å². The van der Waals surface area contributed by atoms with E-state index in [4.69, 9.17) is 4.74 Å². The van der Waals surface area contributed by atoms with Gasteiger partial charge in [-0.25, -0.2) is 8.42 Å². The van der Waals surface area contributed by atoms with Gasteiger partial charge in [-0.15, -0.1) is 0 Å². The molecule has 1 saturated carbocycles. The van der Waals surface area contributed by atoms with Gasteiger partial charge >= 0.3 is 0 Å². The Hall–Kier alpha value is -1.65. The summed E-state index contributed by atoms with van der Waals surface area (Å²) in [5.41, 5.74) is 3.56. The highest BCUT2D eigenvalue weighted by atomic mass is 32.2. The summed E-state index contributed by atoms with van der Waals surface area (Å²) < 4.78 is 29.6. The Morgan fingerprint density at radius 1 is 0.964 bits per heavy atom. The van der Waals surface area contributed by atoms with Crippen LogP contribution in [0.5, 0.6) is 0 Å². The molecule has 2 atom stereocenters. The summed E-state index contributed by atoms with van der Waals surface area (Å²) in [6.07, 6.45) is 7.12. The van der Waals surface area contributed by atoms with Crippen molar-refractivity contribution in [2.75, 3.05) is 19.5 Å². The second-order valence-electron chi connectivity index (χ2n) is 8.09. The highest BCUT2D eigenvalue weighted by Gasteiger charge is 2.22. The Bertz CT molecular complexity index is 838. The standard InChI is InChI=1S/C24H32O3S/c1-19-5-3-6-21(19)10-7-20-8-11-22(12-9-20)23-13-15-24(16-14-23)28(25,26)18-4-17-27-2/h8-9,11-16,19,21H,3-7,10,17-18H2,1-2H3/t19-,21?/m1/s1. The average Bonchev–Trinajstić information content (AvgIpc) is 3.12. The van der Waals surface area contributed by atoms with Gasteiger partial charge in [0.1, 0.15) is 0 Å². The molecule has 0 bridgehead atoms. The van der Waals surface area contributed by atoms with Crippen LogP contribution < -0.4 is 0 Å². The second-order valence-corrected chi connectivity index (χ2v) is 10.2. The Balaban J connectivity index is 1.60. The molecule has 4 heteroatoms. The maximum Gasteiger partial charge on any atom is 0.178 e. The van der Waals surface area contributed by atoms with Gasteiger partial charge in [0.05, 0.1) is 10.6 Å². The van der Waals surface area contributed by atoms with Crippen molar-refractivity contribution >= 4 is 9.84 Å². The van der Waals surface area contributed by atoms with Gasteiger partial charge in [0.25, 0.3) is 0 Å². The van der Waals surface area contributed by atoms with Crippen LogP contribution in [0.4, 0.5) is 0 Å². The van der Waals surface area contributed by atoms with Crippen LogP contribution in [0.15, 0.2) is 53.4 Å². The lowest BCUT2D eigenvalue weighted by Crippen LogP contribution is -2.08. The first-order valence-corrected chi connectivity index (χ1v) is 12.1. The first-order valence-electron chi connectivity index (χ1n) is 10.4. The van der Waals surface area contributed by atoms with Crippen LogP contribution in [0, 0.1) is 11.8 Å². The van der Waals surface area contributed by atoms with Crippen LogP contribution in [0.2, 0.25) is 0 Å². The van der Waals surface area contributed by atoms with E-state index in [-0.39, 0.29) is 5.75 Å². The van der Waals surface area contributed by atoms with Crippen molar-refractivity contribution in [2.45, 2.75) is 50.3 Å². The summed E-state index contributed by atoms with van der Waals surface area (Å²) in [6, 6.07) is 16.0. The molecule has 0 aromatic heterocycles. The van der Waals surface area contributed by atoms with Gasteiger partial charge in [-0.2, -0.15) is 0 Å². The van der Waals surface area contributed by atoms with E-state index in [1.54, 1.807) is 19.2 Å². The Kier molecular flexibility index (Phi) is 7.30. The van der Waals surface area contributed by atoms with E-state index in [9.17, 15) is 8.42 Å². The largest absolute Gasteiger partial charge is 0.385 e. The molecule has 0 aliphatic heterocycles. The van der Waals surface area contributed by atoms with Gasteiger partial charge in [-0.05, 0) is 59.9 Å². The maximum atomic E-state index is 12.3. The van der Waals surface area contributed by atoms with Crippen LogP contribution in [-0.2, 0) is 21.0 Å². The minimum atomic E-state index is -3.24. The molecule has 0 amide bonds. The first-order chi connectivity index (χ1) is 13.5. The molecule has 1 aliphatic carbocycles. The van der Waals surface area contributed by atoms with Gasteiger partial charge < -0.3 is 4.74 Å². The Morgan fingerprint density at radius 2 is 1.61 bits per heavy atom. The van der Waals surface area contributed by atoms with Gasteiger partial charge in [0.2, 0.25) is 0 Å². The lowest BCUT2D eigenvalue weighted by molar-refractivity contribution is 0.199. The zero-order valence-electron chi connectivity index (χ0n) is 17.1. The molecule has 2 aromatic carbocycles. The lowest BCUT2D eigenvalue weighted by Gasteiger charge is -2.15. The molecule has 28 heavy (non-hydrogen) atoms. The average molecular weight is 401 g/mol. The van der Waals surface area contributed by atoms with Crippen LogP contribution in [0.1, 0.15) is 44.6 Å². The number of benzene rings is 2. The Morgan fingerprint density at radius 3 is 2.18 bits per heavy atom. The fourth-order valence-electron chi connectivity index (χ4n) is 4.23.